The molecule has 0 unspecified atom stereocenters. The number of aromatic nitrogens is 4. The quantitative estimate of drug-likeness (QED) is 0.554. The maximum absolute atomic E-state index is 5.77. The number of aryl methyl sites for hydroxylation is 1. The molecule has 21 heavy (non-hydrogen) atoms. The fourth-order valence-corrected chi connectivity index (χ4v) is 2.61. The van der Waals surface area contributed by atoms with Crippen molar-refractivity contribution in [3.05, 3.63) is 29.8 Å². The van der Waals surface area contributed by atoms with Gasteiger partial charge in [-0.3, -0.25) is 0 Å². The van der Waals surface area contributed by atoms with E-state index in [0.717, 1.165) is 29.6 Å². The van der Waals surface area contributed by atoms with Gasteiger partial charge in [-0.2, -0.15) is 0 Å². The minimum absolute atomic E-state index is 0.529. The van der Waals surface area contributed by atoms with Crippen molar-refractivity contribution in [1.29, 1.82) is 0 Å². The summed E-state index contributed by atoms with van der Waals surface area (Å²) in [5, 5.41) is 12.7. The SMILES string of the molecule is CCc1cccc(OCCSc2nnnn2CC(C)C)c1. The Hall–Kier alpha value is -1.56. The Morgan fingerprint density at radius 2 is 2.19 bits per heavy atom. The summed E-state index contributed by atoms with van der Waals surface area (Å²) in [6.45, 7) is 7.94. The average molecular weight is 306 g/mol. The Bertz CT molecular complexity index is 556. The normalized spacial score (nSPS) is 11.0. The van der Waals surface area contributed by atoms with Crippen molar-refractivity contribution in [3.8, 4) is 5.75 Å². The molecule has 0 aliphatic carbocycles. The fourth-order valence-electron chi connectivity index (χ4n) is 1.91. The maximum atomic E-state index is 5.77. The molecular weight excluding hydrogens is 284 g/mol. The van der Waals surface area contributed by atoms with Crippen LogP contribution in [-0.4, -0.2) is 32.6 Å². The van der Waals surface area contributed by atoms with E-state index in [4.69, 9.17) is 4.74 Å². The molecular formula is C15H22N4OS. The molecule has 0 aliphatic rings. The van der Waals surface area contributed by atoms with Crippen molar-refractivity contribution in [2.75, 3.05) is 12.4 Å². The van der Waals surface area contributed by atoms with Crippen molar-refractivity contribution in [2.24, 2.45) is 5.92 Å². The van der Waals surface area contributed by atoms with Gasteiger partial charge in [-0.1, -0.05) is 44.7 Å². The highest BCUT2D eigenvalue weighted by Crippen LogP contribution is 2.17. The first kappa shape index (κ1) is 15.8. The number of benzene rings is 1. The molecule has 0 aliphatic heterocycles. The Labute approximate surface area is 130 Å². The molecule has 0 N–H and O–H groups in total. The summed E-state index contributed by atoms with van der Waals surface area (Å²) in [5.74, 6) is 2.28. The van der Waals surface area contributed by atoms with Crippen molar-refractivity contribution in [3.63, 3.8) is 0 Å². The van der Waals surface area contributed by atoms with Gasteiger partial charge >= 0.3 is 0 Å². The van der Waals surface area contributed by atoms with E-state index in [9.17, 15) is 0 Å². The standard InChI is InChI=1S/C15H22N4OS/c1-4-13-6-5-7-14(10-13)20-8-9-21-15-16-17-18-19(15)11-12(2)3/h5-7,10,12H,4,8-9,11H2,1-3H3. The molecule has 0 amide bonds. The number of hydrogen-bond donors (Lipinski definition) is 0. The second-order valence-electron chi connectivity index (χ2n) is 5.24. The van der Waals surface area contributed by atoms with Gasteiger partial charge in [-0.05, 0) is 40.5 Å². The summed E-state index contributed by atoms with van der Waals surface area (Å²) >= 11 is 1.63. The van der Waals surface area contributed by atoms with Crippen molar-refractivity contribution >= 4 is 11.8 Å². The predicted molar refractivity (Wildman–Crippen MR) is 84.7 cm³/mol. The van der Waals surface area contributed by atoms with Crippen LogP contribution in [0.5, 0.6) is 5.75 Å². The molecule has 0 saturated carbocycles. The third-order valence-electron chi connectivity index (χ3n) is 2.93. The first-order valence-corrected chi connectivity index (χ1v) is 8.28. The van der Waals surface area contributed by atoms with E-state index in [1.165, 1.54) is 5.56 Å². The molecule has 1 aromatic heterocycles. The Kier molecular flexibility index (Phi) is 6.04. The minimum atomic E-state index is 0.529. The molecule has 2 rings (SSSR count). The smallest absolute Gasteiger partial charge is 0.209 e. The third kappa shape index (κ3) is 5.04. The monoisotopic (exact) mass is 306 g/mol. The van der Waals surface area contributed by atoms with E-state index < -0.39 is 0 Å². The van der Waals surface area contributed by atoms with Gasteiger partial charge in [0, 0.05) is 12.3 Å². The van der Waals surface area contributed by atoms with Crippen molar-refractivity contribution in [1.82, 2.24) is 20.2 Å². The van der Waals surface area contributed by atoms with Crippen LogP contribution in [0.2, 0.25) is 0 Å². The number of rotatable bonds is 8. The zero-order chi connectivity index (χ0) is 15.1. The zero-order valence-corrected chi connectivity index (χ0v) is 13.6. The van der Waals surface area contributed by atoms with Gasteiger partial charge in [0.1, 0.15) is 5.75 Å². The number of ether oxygens (including phenoxy) is 1. The molecule has 5 nitrogen and oxygen atoms in total. The Morgan fingerprint density at radius 3 is 2.95 bits per heavy atom. The summed E-state index contributed by atoms with van der Waals surface area (Å²) in [7, 11) is 0. The maximum Gasteiger partial charge on any atom is 0.209 e. The van der Waals surface area contributed by atoms with Crippen molar-refractivity contribution < 1.29 is 4.74 Å². The summed E-state index contributed by atoms with van der Waals surface area (Å²) in [6.07, 6.45) is 1.02. The van der Waals surface area contributed by atoms with Gasteiger partial charge in [-0.15, -0.1) is 5.10 Å². The van der Waals surface area contributed by atoms with Crippen LogP contribution >= 0.6 is 11.8 Å². The van der Waals surface area contributed by atoms with Crippen LogP contribution in [0.15, 0.2) is 29.4 Å². The van der Waals surface area contributed by atoms with Crippen LogP contribution < -0.4 is 4.74 Å². The first-order chi connectivity index (χ1) is 10.2. The molecule has 6 heteroatoms. The van der Waals surface area contributed by atoms with Crippen LogP contribution in [-0.2, 0) is 13.0 Å². The van der Waals surface area contributed by atoms with Gasteiger partial charge in [0.2, 0.25) is 5.16 Å². The van der Waals surface area contributed by atoms with Crippen molar-refractivity contribution in [2.45, 2.75) is 38.9 Å². The highest BCUT2D eigenvalue weighted by atomic mass is 32.2. The highest BCUT2D eigenvalue weighted by molar-refractivity contribution is 7.99. The molecule has 0 atom stereocenters. The van der Waals surface area contributed by atoms with Gasteiger partial charge < -0.3 is 4.74 Å². The van der Waals surface area contributed by atoms with E-state index in [1.54, 1.807) is 11.8 Å². The fraction of sp³-hybridized carbons (Fsp3) is 0.533. The lowest BCUT2D eigenvalue weighted by Gasteiger charge is -2.08. The lowest BCUT2D eigenvalue weighted by Crippen LogP contribution is -2.08. The molecule has 0 saturated heterocycles. The molecule has 0 radical (unpaired) electrons. The first-order valence-electron chi connectivity index (χ1n) is 7.29. The van der Waals surface area contributed by atoms with Gasteiger partial charge in [0.05, 0.1) is 6.61 Å². The van der Waals surface area contributed by atoms with Crippen LogP contribution in [0.25, 0.3) is 0 Å². The van der Waals surface area contributed by atoms with Crippen LogP contribution in [0.3, 0.4) is 0 Å². The number of thioether (sulfide) groups is 1. The molecule has 114 valence electrons. The third-order valence-corrected chi connectivity index (χ3v) is 3.85. The Morgan fingerprint density at radius 1 is 1.33 bits per heavy atom. The average Bonchev–Trinajstić information content (AvgIpc) is 2.90. The molecule has 0 spiro atoms. The zero-order valence-electron chi connectivity index (χ0n) is 12.8. The molecule has 0 bridgehead atoms. The van der Waals surface area contributed by atoms with Gasteiger partial charge in [0.15, 0.2) is 0 Å². The van der Waals surface area contributed by atoms with Gasteiger partial charge in [0.25, 0.3) is 0 Å². The van der Waals surface area contributed by atoms with E-state index >= 15 is 0 Å². The number of nitrogens with zero attached hydrogens (tertiary/aromatic N) is 4. The molecule has 1 heterocycles. The van der Waals surface area contributed by atoms with Gasteiger partial charge in [-0.25, -0.2) is 4.68 Å². The highest BCUT2D eigenvalue weighted by Gasteiger charge is 2.08. The topological polar surface area (TPSA) is 52.8 Å². The van der Waals surface area contributed by atoms with E-state index in [1.807, 2.05) is 16.8 Å². The summed E-state index contributed by atoms with van der Waals surface area (Å²) in [6, 6.07) is 8.23. The lowest BCUT2D eigenvalue weighted by molar-refractivity contribution is 0.343. The largest absolute Gasteiger partial charge is 0.493 e. The minimum Gasteiger partial charge on any atom is -0.493 e. The summed E-state index contributed by atoms with van der Waals surface area (Å²) in [4.78, 5) is 0. The predicted octanol–water partition coefficient (Wildman–Crippen LogP) is 3.06. The Balaban J connectivity index is 1.78. The lowest BCUT2D eigenvalue weighted by atomic mass is 10.2. The van der Waals surface area contributed by atoms with E-state index in [2.05, 4.69) is 48.4 Å². The molecule has 0 fully saturated rings. The number of hydrogen-bond acceptors (Lipinski definition) is 5. The van der Waals surface area contributed by atoms with Crippen LogP contribution in [0, 0.1) is 5.92 Å². The molecule has 2 aromatic rings. The second kappa shape index (κ2) is 8.02. The molecule has 1 aromatic carbocycles. The summed E-state index contributed by atoms with van der Waals surface area (Å²) in [5.41, 5.74) is 1.29. The summed E-state index contributed by atoms with van der Waals surface area (Å²) < 4.78 is 7.62. The number of tetrazole rings is 1. The second-order valence-corrected chi connectivity index (χ2v) is 6.30. The van der Waals surface area contributed by atoms with Crippen LogP contribution in [0.4, 0.5) is 0 Å². The van der Waals surface area contributed by atoms with Crippen LogP contribution in [0.1, 0.15) is 26.3 Å². The van der Waals surface area contributed by atoms with E-state index in [-0.39, 0.29) is 0 Å². The van der Waals surface area contributed by atoms with E-state index in [0.29, 0.717) is 12.5 Å².